The summed E-state index contributed by atoms with van der Waals surface area (Å²) in [5, 5.41) is 8.64. The van der Waals surface area contributed by atoms with Crippen LogP contribution in [-0.2, 0) is 23.9 Å². The maximum atomic E-state index is 11.3. The monoisotopic (exact) mass is 293 g/mol. The zero-order valence-corrected chi connectivity index (χ0v) is 11.3. The van der Waals surface area contributed by atoms with Gasteiger partial charge in [0.1, 0.15) is 6.61 Å². The molecule has 1 rings (SSSR count). The molecule has 1 aliphatic rings. The maximum absolute atomic E-state index is 11.3. The molecule has 19 heavy (non-hydrogen) atoms. The molecule has 8 heteroatoms. The second kappa shape index (κ2) is 8.49. The number of ether oxygens (including phenoxy) is 2. The van der Waals surface area contributed by atoms with Crippen molar-refractivity contribution in [1.82, 2.24) is 4.90 Å². The molecule has 0 amide bonds. The lowest BCUT2D eigenvalue weighted by atomic mass is 10.1. The van der Waals surface area contributed by atoms with E-state index in [-0.39, 0.29) is 36.9 Å². The van der Waals surface area contributed by atoms with Gasteiger partial charge in [-0.2, -0.15) is 0 Å². The average Bonchev–Trinajstić information content (AvgIpc) is 2.33. The van der Waals surface area contributed by atoms with Crippen LogP contribution >= 0.6 is 12.4 Å². The highest BCUT2D eigenvalue weighted by Crippen LogP contribution is 2.07. The van der Waals surface area contributed by atoms with Crippen LogP contribution in [0.2, 0.25) is 0 Å². The van der Waals surface area contributed by atoms with Gasteiger partial charge in [0.15, 0.2) is 0 Å². The number of nitrogens with zero attached hydrogens (tertiary/aromatic N) is 1. The molecule has 1 fully saturated rings. The number of esters is 2. The first kappa shape index (κ1) is 17.4. The summed E-state index contributed by atoms with van der Waals surface area (Å²) in [7, 11) is 1.19. The lowest BCUT2D eigenvalue weighted by Gasteiger charge is -2.25. The molecule has 1 saturated heterocycles. The van der Waals surface area contributed by atoms with Gasteiger partial charge in [-0.1, -0.05) is 0 Å². The van der Waals surface area contributed by atoms with Crippen LogP contribution in [0.5, 0.6) is 0 Å². The largest absolute Gasteiger partial charge is 0.478 e. The molecule has 0 aromatic rings. The van der Waals surface area contributed by atoms with Crippen LogP contribution < -0.4 is 0 Å². The van der Waals surface area contributed by atoms with Gasteiger partial charge in [0.05, 0.1) is 13.7 Å². The zero-order valence-electron chi connectivity index (χ0n) is 10.5. The highest BCUT2D eigenvalue weighted by molar-refractivity contribution is 5.95. The summed E-state index contributed by atoms with van der Waals surface area (Å²) in [6.45, 7) is 1.45. The fourth-order valence-electron chi connectivity index (χ4n) is 1.58. The number of carbonyl (C=O) groups is 3. The Morgan fingerprint density at radius 2 is 2.21 bits per heavy atom. The van der Waals surface area contributed by atoms with Gasteiger partial charge in [0, 0.05) is 24.7 Å². The molecule has 0 unspecified atom stereocenters. The quantitative estimate of drug-likeness (QED) is 0.556. The van der Waals surface area contributed by atoms with Crippen LogP contribution in [0.25, 0.3) is 0 Å². The molecule has 1 aliphatic heterocycles. The normalized spacial score (nSPS) is 16.3. The number of carbonyl (C=O) groups excluding carboxylic acids is 2. The van der Waals surface area contributed by atoms with E-state index < -0.39 is 11.9 Å². The van der Waals surface area contributed by atoms with Gasteiger partial charge >= 0.3 is 17.9 Å². The van der Waals surface area contributed by atoms with Gasteiger partial charge in [-0.05, 0) is 6.42 Å². The molecule has 0 atom stereocenters. The third kappa shape index (κ3) is 6.21. The highest BCUT2D eigenvalue weighted by Gasteiger charge is 2.19. The minimum atomic E-state index is -1.20. The van der Waals surface area contributed by atoms with Gasteiger partial charge in [0.25, 0.3) is 0 Å². The van der Waals surface area contributed by atoms with Crippen molar-refractivity contribution >= 4 is 30.3 Å². The second-order valence-electron chi connectivity index (χ2n) is 3.75. The lowest BCUT2D eigenvalue weighted by Crippen LogP contribution is -2.40. The van der Waals surface area contributed by atoms with Crippen molar-refractivity contribution < 1.29 is 29.0 Å². The first-order valence-electron chi connectivity index (χ1n) is 5.42. The number of hydrogen-bond acceptors (Lipinski definition) is 6. The van der Waals surface area contributed by atoms with E-state index in [9.17, 15) is 14.4 Å². The predicted octanol–water partition coefficient (Wildman–Crippen LogP) is -0.159. The van der Waals surface area contributed by atoms with Crippen molar-refractivity contribution in [2.45, 2.75) is 6.42 Å². The summed E-state index contributed by atoms with van der Waals surface area (Å²) < 4.78 is 9.26. The number of hydrogen-bond donors (Lipinski definition) is 1. The summed E-state index contributed by atoms with van der Waals surface area (Å²) in [6, 6.07) is 0. The predicted molar refractivity (Wildman–Crippen MR) is 67.0 cm³/mol. The van der Waals surface area contributed by atoms with Crippen LogP contribution in [0.1, 0.15) is 6.42 Å². The molecule has 0 saturated carbocycles. The van der Waals surface area contributed by atoms with Crippen LogP contribution in [0.4, 0.5) is 0 Å². The Kier molecular flexibility index (Phi) is 7.78. The van der Waals surface area contributed by atoms with E-state index in [1.807, 2.05) is 0 Å². The van der Waals surface area contributed by atoms with E-state index in [1.165, 1.54) is 7.11 Å². The topological polar surface area (TPSA) is 93.1 Å². The van der Waals surface area contributed by atoms with Gasteiger partial charge in [0.2, 0.25) is 0 Å². The smallest absolute Gasteiger partial charge is 0.334 e. The summed E-state index contributed by atoms with van der Waals surface area (Å²) >= 11 is 0. The summed E-state index contributed by atoms with van der Waals surface area (Å²) in [6.07, 6.45) is 1.04. The van der Waals surface area contributed by atoms with Crippen molar-refractivity contribution in [3.05, 3.63) is 11.6 Å². The van der Waals surface area contributed by atoms with Crippen LogP contribution in [0.15, 0.2) is 11.6 Å². The Hall–Kier alpha value is -1.60. The fraction of sp³-hybridized carbons (Fsp3) is 0.545. The second-order valence-corrected chi connectivity index (χ2v) is 3.75. The Morgan fingerprint density at radius 3 is 2.74 bits per heavy atom. The first-order valence-corrected chi connectivity index (χ1v) is 5.42. The Morgan fingerprint density at radius 1 is 1.53 bits per heavy atom. The number of rotatable bonds is 5. The van der Waals surface area contributed by atoms with Gasteiger partial charge in [-0.3, -0.25) is 9.69 Å². The Bertz CT molecular complexity index is 381. The van der Waals surface area contributed by atoms with Crippen molar-refractivity contribution in [2.24, 2.45) is 0 Å². The Balaban J connectivity index is 0.00000324. The van der Waals surface area contributed by atoms with Crippen molar-refractivity contribution in [2.75, 3.05) is 33.4 Å². The zero-order chi connectivity index (χ0) is 13.5. The van der Waals surface area contributed by atoms with Crippen LogP contribution in [0.3, 0.4) is 0 Å². The molecule has 0 aromatic carbocycles. The molecule has 0 radical (unpaired) electrons. The molecule has 7 nitrogen and oxygen atoms in total. The summed E-state index contributed by atoms with van der Waals surface area (Å²) in [5.41, 5.74) is 0.0731. The van der Waals surface area contributed by atoms with E-state index in [0.29, 0.717) is 19.7 Å². The van der Waals surface area contributed by atoms with E-state index in [4.69, 9.17) is 9.84 Å². The molecular weight excluding hydrogens is 278 g/mol. The summed E-state index contributed by atoms with van der Waals surface area (Å²) in [5.74, 6) is -2.19. The fourth-order valence-corrected chi connectivity index (χ4v) is 1.58. The minimum Gasteiger partial charge on any atom is -0.478 e. The van der Waals surface area contributed by atoms with Gasteiger partial charge < -0.3 is 14.6 Å². The standard InChI is InChI=1S/C11H15NO6.ClH/c1-17-11(16)8(6-9(13)14)2-3-12-4-5-18-10(15)7-12;/h6H,2-5,7H2,1H3,(H,13,14);1H. The SMILES string of the molecule is COC(=O)C(=CC(=O)O)CCN1CCOC(=O)C1.Cl. The summed E-state index contributed by atoms with van der Waals surface area (Å²) in [4.78, 5) is 34.7. The molecule has 0 spiro atoms. The third-order valence-corrected chi connectivity index (χ3v) is 2.47. The van der Waals surface area contributed by atoms with E-state index >= 15 is 0 Å². The number of carboxylic acids is 1. The Labute approximate surface area is 116 Å². The van der Waals surface area contributed by atoms with Crippen LogP contribution in [-0.4, -0.2) is 61.3 Å². The first-order chi connectivity index (χ1) is 8.52. The molecular formula is C11H16ClNO6. The lowest BCUT2D eigenvalue weighted by molar-refractivity contribution is -0.150. The number of carboxylic acid groups (broad SMARTS) is 1. The van der Waals surface area contributed by atoms with Crippen LogP contribution in [0, 0.1) is 0 Å². The van der Waals surface area contributed by atoms with Gasteiger partial charge in [-0.25, -0.2) is 9.59 Å². The molecule has 1 heterocycles. The number of cyclic esters (lactones) is 1. The van der Waals surface area contributed by atoms with Crippen molar-refractivity contribution in [3.8, 4) is 0 Å². The van der Waals surface area contributed by atoms with Gasteiger partial charge in [-0.15, -0.1) is 12.4 Å². The molecule has 0 aromatic heterocycles. The minimum absolute atomic E-state index is 0. The molecule has 0 bridgehead atoms. The van der Waals surface area contributed by atoms with E-state index in [2.05, 4.69) is 4.74 Å². The van der Waals surface area contributed by atoms with Crippen molar-refractivity contribution in [3.63, 3.8) is 0 Å². The number of morpholine rings is 1. The third-order valence-electron chi connectivity index (χ3n) is 2.47. The maximum Gasteiger partial charge on any atom is 0.334 e. The highest BCUT2D eigenvalue weighted by atomic mass is 35.5. The number of halogens is 1. The van der Waals surface area contributed by atoms with E-state index in [0.717, 1.165) is 6.08 Å². The molecule has 1 N–H and O–H groups in total. The van der Waals surface area contributed by atoms with Crippen molar-refractivity contribution in [1.29, 1.82) is 0 Å². The molecule has 108 valence electrons. The average molecular weight is 294 g/mol. The number of aliphatic carboxylic acids is 1. The molecule has 0 aliphatic carbocycles. The van der Waals surface area contributed by atoms with E-state index in [1.54, 1.807) is 4.90 Å². The number of methoxy groups -OCH3 is 1.